The van der Waals surface area contributed by atoms with Gasteiger partial charge in [0.25, 0.3) is 5.91 Å². The minimum atomic E-state index is -3.41. The lowest BCUT2D eigenvalue weighted by molar-refractivity contribution is -0.123. The van der Waals surface area contributed by atoms with Crippen LogP contribution in [0.4, 0.5) is 5.69 Å². The van der Waals surface area contributed by atoms with Crippen molar-refractivity contribution in [3.05, 3.63) is 59.7 Å². The van der Waals surface area contributed by atoms with E-state index in [-0.39, 0.29) is 24.0 Å². The molecular formula is C21H28N2O4S. The van der Waals surface area contributed by atoms with Gasteiger partial charge in [0.2, 0.25) is 10.0 Å². The van der Waals surface area contributed by atoms with E-state index in [1.807, 2.05) is 24.3 Å². The summed E-state index contributed by atoms with van der Waals surface area (Å²) in [6.07, 6.45) is 1.09. The maximum Gasteiger partial charge on any atom is 0.258 e. The molecule has 0 aliphatic rings. The van der Waals surface area contributed by atoms with Crippen molar-refractivity contribution in [3.63, 3.8) is 0 Å². The maximum atomic E-state index is 12.4. The highest BCUT2D eigenvalue weighted by Crippen LogP contribution is 2.31. The van der Waals surface area contributed by atoms with Crippen molar-refractivity contribution in [2.75, 3.05) is 17.6 Å². The molecule has 0 saturated carbocycles. The van der Waals surface area contributed by atoms with Gasteiger partial charge in [0.05, 0.1) is 18.0 Å². The predicted molar refractivity (Wildman–Crippen MR) is 112 cm³/mol. The molecule has 1 unspecified atom stereocenters. The van der Waals surface area contributed by atoms with Gasteiger partial charge in [0, 0.05) is 0 Å². The largest absolute Gasteiger partial charge is 0.483 e. The number of rotatable bonds is 7. The topological polar surface area (TPSA) is 84.5 Å². The Balaban J connectivity index is 2.05. The molecule has 6 nitrogen and oxygen atoms in total. The Morgan fingerprint density at radius 2 is 1.68 bits per heavy atom. The molecule has 2 aromatic rings. The van der Waals surface area contributed by atoms with E-state index in [1.54, 1.807) is 31.2 Å². The lowest BCUT2D eigenvalue weighted by Crippen LogP contribution is -2.32. The minimum absolute atomic E-state index is 0.101. The number of nitrogens with one attached hydrogen (secondary N) is 2. The number of carbonyl (C=O) groups is 1. The molecule has 0 bridgehead atoms. The quantitative estimate of drug-likeness (QED) is 0.738. The molecule has 0 heterocycles. The van der Waals surface area contributed by atoms with Crippen molar-refractivity contribution in [1.82, 2.24) is 5.32 Å². The summed E-state index contributed by atoms with van der Waals surface area (Å²) >= 11 is 0. The highest BCUT2D eigenvalue weighted by molar-refractivity contribution is 7.92. The van der Waals surface area contributed by atoms with Gasteiger partial charge in [0.1, 0.15) is 5.75 Å². The Morgan fingerprint density at radius 3 is 2.32 bits per heavy atom. The number of para-hydroxylation sites is 2. The summed E-state index contributed by atoms with van der Waals surface area (Å²) < 4.78 is 31.3. The summed E-state index contributed by atoms with van der Waals surface area (Å²) in [6, 6.07) is 14.2. The first-order chi connectivity index (χ1) is 13.0. The van der Waals surface area contributed by atoms with E-state index in [4.69, 9.17) is 4.74 Å². The van der Waals surface area contributed by atoms with Crippen LogP contribution in [0, 0.1) is 0 Å². The highest BCUT2D eigenvalue weighted by atomic mass is 32.2. The van der Waals surface area contributed by atoms with Crippen LogP contribution in [0.3, 0.4) is 0 Å². The smallest absolute Gasteiger partial charge is 0.258 e. The van der Waals surface area contributed by atoms with Crippen LogP contribution >= 0.6 is 0 Å². The number of anilines is 1. The van der Waals surface area contributed by atoms with Crippen molar-refractivity contribution in [1.29, 1.82) is 0 Å². The summed E-state index contributed by atoms with van der Waals surface area (Å²) in [7, 11) is -3.41. The zero-order valence-electron chi connectivity index (χ0n) is 16.9. The molecule has 1 atom stereocenters. The first-order valence-corrected chi connectivity index (χ1v) is 10.9. The number of ether oxygens (including phenoxy) is 1. The second kappa shape index (κ2) is 8.65. The van der Waals surface area contributed by atoms with Crippen LogP contribution in [0.25, 0.3) is 0 Å². The maximum absolute atomic E-state index is 12.4. The standard InChI is InChI=1S/C21H28N2O4S/c1-15(16-10-6-8-12-18(16)23-28(5,25)26)22-20(24)14-27-19-13-9-7-11-17(19)21(2,3)4/h6-13,15,23H,14H2,1-5H3,(H,22,24). The van der Waals surface area contributed by atoms with E-state index in [2.05, 4.69) is 30.8 Å². The normalized spacial score (nSPS) is 12.9. The van der Waals surface area contributed by atoms with E-state index < -0.39 is 10.0 Å². The Hall–Kier alpha value is -2.54. The van der Waals surface area contributed by atoms with E-state index in [0.717, 1.165) is 11.8 Å². The second-order valence-electron chi connectivity index (χ2n) is 7.79. The lowest BCUT2D eigenvalue weighted by atomic mass is 9.86. The third-order valence-corrected chi connectivity index (χ3v) is 4.74. The molecule has 0 aliphatic carbocycles. The van der Waals surface area contributed by atoms with Crippen LogP contribution in [-0.4, -0.2) is 27.2 Å². The molecule has 152 valence electrons. The van der Waals surface area contributed by atoms with Gasteiger partial charge < -0.3 is 10.1 Å². The van der Waals surface area contributed by atoms with Gasteiger partial charge in [0.15, 0.2) is 6.61 Å². The second-order valence-corrected chi connectivity index (χ2v) is 9.53. The van der Waals surface area contributed by atoms with Crippen molar-refractivity contribution >= 4 is 21.6 Å². The van der Waals surface area contributed by atoms with Crippen molar-refractivity contribution in [3.8, 4) is 5.75 Å². The summed E-state index contributed by atoms with van der Waals surface area (Å²) in [5.74, 6) is 0.391. The van der Waals surface area contributed by atoms with Crippen LogP contribution < -0.4 is 14.8 Å². The first-order valence-electron chi connectivity index (χ1n) is 9.06. The van der Waals surface area contributed by atoms with Crippen LogP contribution in [-0.2, 0) is 20.2 Å². The van der Waals surface area contributed by atoms with Gasteiger partial charge in [-0.1, -0.05) is 57.2 Å². The first kappa shape index (κ1) is 21.8. The third kappa shape index (κ3) is 6.27. The van der Waals surface area contributed by atoms with Crippen molar-refractivity contribution in [2.45, 2.75) is 39.2 Å². The van der Waals surface area contributed by atoms with E-state index in [0.29, 0.717) is 17.0 Å². The SMILES string of the molecule is CC(NC(=O)COc1ccccc1C(C)(C)C)c1ccccc1NS(C)(=O)=O. The fourth-order valence-electron chi connectivity index (χ4n) is 2.88. The fourth-order valence-corrected chi connectivity index (χ4v) is 3.47. The van der Waals surface area contributed by atoms with Gasteiger partial charge in [-0.3, -0.25) is 9.52 Å². The molecule has 0 radical (unpaired) electrons. The van der Waals surface area contributed by atoms with Crippen LogP contribution in [0.1, 0.15) is 44.9 Å². The minimum Gasteiger partial charge on any atom is -0.483 e. The Labute approximate surface area is 167 Å². The average molecular weight is 405 g/mol. The van der Waals surface area contributed by atoms with Gasteiger partial charge in [-0.2, -0.15) is 0 Å². The number of hydrogen-bond donors (Lipinski definition) is 2. The zero-order chi connectivity index (χ0) is 20.9. The number of benzene rings is 2. The molecule has 1 amide bonds. The highest BCUT2D eigenvalue weighted by Gasteiger charge is 2.20. The molecule has 2 aromatic carbocycles. The fraction of sp³-hybridized carbons (Fsp3) is 0.381. The van der Waals surface area contributed by atoms with Crippen LogP contribution in [0.5, 0.6) is 5.75 Å². The van der Waals surface area contributed by atoms with E-state index >= 15 is 0 Å². The number of amides is 1. The van der Waals surface area contributed by atoms with Gasteiger partial charge in [-0.05, 0) is 35.6 Å². The molecule has 0 aliphatic heterocycles. The average Bonchev–Trinajstić information content (AvgIpc) is 2.58. The number of sulfonamides is 1. The van der Waals surface area contributed by atoms with Crippen molar-refractivity contribution < 1.29 is 17.9 Å². The van der Waals surface area contributed by atoms with Crippen LogP contribution in [0.15, 0.2) is 48.5 Å². The Kier molecular flexibility index (Phi) is 6.72. The van der Waals surface area contributed by atoms with Crippen molar-refractivity contribution in [2.24, 2.45) is 0 Å². The zero-order valence-corrected chi connectivity index (χ0v) is 17.8. The molecular weight excluding hydrogens is 376 g/mol. The van der Waals surface area contributed by atoms with Gasteiger partial charge >= 0.3 is 0 Å². The molecule has 28 heavy (non-hydrogen) atoms. The summed E-state index contributed by atoms with van der Waals surface area (Å²) in [5.41, 5.74) is 2.04. The van der Waals surface area contributed by atoms with Gasteiger partial charge in [-0.15, -0.1) is 0 Å². The predicted octanol–water partition coefficient (Wildman–Crippen LogP) is 3.61. The lowest BCUT2D eigenvalue weighted by Gasteiger charge is -2.23. The number of hydrogen-bond acceptors (Lipinski definition) is 4. The molecule has 0 fully saturated rings. The molecule has 0 aromatic heterocycles. The van der Waals surface area contributed by atoms with E-state index in [9.17, 15) is 13.2 Å². The Morgan fingerprint density at radius 1 is 1.07 bits per heavy atom. The van der Waals surface area contributed by atoms with Gasteiger partial charge in [-0.25, -0.2) is 8.42 Å². The van der Waals surface area contributed by atoms with E-state index in [1.165, 1.54) is 0 Å². The Bertz CT molecular complexity index is 933. The summed E-state index contributed by atoms with van der Waals surface area (Å²) in [5, 5.41) is 2.85. The monoisotopic (exact) mass is 404 g/mol. The molecule has 2 rings (SSSR count). The molecule has 7 heteroatoms. The molecule has 0 saturated heterocycles. The number of carbonyl (C=O) groups excluding carboxylic acids is 1. The molecule has 0 spiro atoms. The molecule has 2 N–H and O–H groups in total. The van der Waals surface area contributed by atoms with Crippen LogP contribution in [0.2, 0.25) is 0 Å². The third-order valence-electron chi connectivity index (χ3n) is 4.15. The summed E-state index contributed by atoms with van der Waals surface area (Å²) in [4.78, 5) is 12.4. The summed E-state index contributed by atoms with van der Waals surface area (Å²) in [6.45, 7) is 7.93.